The van der Waals surface area contributed by atoms with E-state index in [2.05, 4.69) is 80.6 Å². The number of hydrogen-bond donors (Lipinski definition) is 4. The Morgan fingerprint density at radius 3 is 1.58 bits per heavy atom. The summed E-state index contributed by atoms with van der Waals surface area (Å²) in [7, 11) is 2.88. The molecule has 13 nitrogen and oxygen atoms in total. The van der Waals surface area contributed by atoms with Gasteiger partial charge in [-0.3, -0.25) is 9.59 Å². The van der Waals surface area contributed by atoms with E-state index >= 15 is 0 Å². The van der Waals surface area contributed by atoms with E-state index < -0.39 is 29.3 Å². The van der Waals surface area contributed by atoms with Crippen LogP contribution in [0.1, 0.15) is 100 Å². The fourth-order valence-corrected chi connectivity index (χ4v) is 12.1. The number of fused-ring (bicyclic) bond motifs is 6. The van der Waals surface area contributed by atoms with E-state index in [0.29, 0.717) is 24.3 Å². The lowest BCUT2D eigenvalue weighted by Crippen LogP contribution is -2.56. The number of benzene rings is 2. The van der Waals surface area contributed by atoms with Crippen LogP contribution in [0.25, 0.3) is 45.8 Å². The first kappa shape index (κ1) is 41.9. The summed E-state index contributed by atoms with van der Waals surface area (Å²) in [5, 5.41) is 6.02. The van der Waals surface area contributed by atoms with E-state index in [1.54, 1.807) is 7.11 Å². The van der Waals surface area contributed by atoms with Gasteiger partial charge in [0.2, 0.25) is 11.8 Å². The highest BCUT2D eigenvalue weighted by Gasteiger charge is 2.58. The third kappa shape index (κ3) is 6.59. The molecule has 4 aromatic rings. The molecule has 2 aromatic heterocycles. The van der Waals surface area contributed by atoms with E-state index in [-0.39, 0.29) is 23.7 Å². The Balaban J connectivity index is 0.935. The van der Waals surface area contributed by atoms with Gasteiger partial charge >= 0.3 is 6.09 Å². The van der Waals surface area contributed by atoms with Gasteiger partial charge in [0.1, 0.15) is 34.8 Å². The number of rotatable bonds is 13. The van der Waals surface area contributed by atoms with Crippen LogP contribution in [0.5, 0.6) is 0 Å². The van der Waals surface area contributed by atoms with Crippen molar-refractivity contribution in [1.82, 2.24) is 40.4 Å². The van der Waals surface area contributed by atoms with Crippen molar-refractivity contribution in [2.45, 2.75) is 102 Å². The maximum atomic E-state index is 14.3. The average molecular weight is 865 g/mol. The maximum absolute atomic E-state index is 14.3. The van der Waals surface area contributed by atoms with Gasteiger partial charge in [-0.1, -0.05) is 76.3 Å². The number of nitrogens with zero attached hydrogens (tertiary/aromatic N) is 4. The van der Waals surface area contributed by atoms with E-state index in [9.17, 15) is 14.4 Å². The second kappa shape index (κ2) is 15.8. The minimum Gasteiger partial charge on any atom is -0.483 e. The number of imidazole rings is 2. The van der Waals surface area contributed by atoms with Gasteiger partial charge in [0.15, 0.2) is 5.88 Å². The number of allylic oxidation sites excluding steroid dienone is 2. The number of methoxy groups -OCH3 is 2. The van der Waals surface area contributed by atoms with Gasteiger partial charge < -0.3 is 39.9 Å². The van der Waals surface area contributed by atoms with Gasteiger partial charge in [-0.05, 0) is 115 Å². The molecule has 4 fully saturated rings. The molecule has 10 rings (SSSR count). The van der Waals surface area contributed by atoms with Gasteiger partial charge in [-0.2, -0.15) is 0 Å². The van der Waals surface area contributed by atoms with Crippen LogP contribution in [-0.4, -0.2) is 87.0 Å². The first-order valence-corrected chi connectivity index (χ1v) is 23.1. The highest BCUT2D eigenvalue weighted by atomic mass is 16.5. The second-order valence-electron chi connectivity index (χ2n) is 19.6. The van der Waals surface area contributed by atoms with Crippen LogP contribution in [0.2, 0.25) is 0 Å². The predicted molar refractivity (Wildman–Crippen MR) is 246 cm³/mol. The molecule has 2 saturated heterocycles. The number of ether oxygens (including phenoxy) is 2. The topological polar surface area (TPSA) is 158 Å². The number of aromatic nitrogens is 4. The molecule has 0 unspecified atom stereocenters. The first-order chi connectivity index (χ1) is 30.8. The van der Waals surface area contributed by atoms with Crippen molar-refractivity contribution in [3.63, 3.8) is 0 Å². The van der Waals surface area contributed by atoms with E-state index in [1.807, 2.05) is 45.0 Å². The van der Waals surface area contributed by atoms with Crippen molar-refractivity contribution in [2.24, 2.45) is 23.7 Å². The van der Waals surface area contributed by atoms with Gasteiger partial charge in [0, 0.05) is 24.2 Å². The zero-order valence-electron chi connectivity index (χ0n) is 37.8. The number of amides is 3. The van der Waals surface area contributed by atoms with Gasteiger partial charge in [0.25, 0.3) is 0 Å². The van der Waals surface area contributed by atoms with Crippen molar-refractivity contribution in [2.75, 3.05) is 27.3 Å². The molecular weight excluding hydrogens is 805 g/mol. The summed E-state index contributed by atoms with van der Waals surface area (Å²) >= 11 is 0. The highest BCUT2D eigenvalue weighted by Crippen LogP contribution is 2.54. The predicted octanol–water partition coefficient (Wildman–Crippen LogP) is 8.06. The number of carbonyl (C=O) groups excluding carboxylic acids is 3. The van der Waals surface area contributed by atoms with Crippen molar-refractivity contribution in [3.8, 4) is 33.6 Å². The molecule has 2 aliphatic heterocycles. The van der Waals surface area contributed by atoms with Crippen LogP contribution in [0.4, 0.5) is 4.79 Å². The number of piperidine rings is 2. The Hall–Kier alpha value is -6.11. The van der Waals surface area contributed by atoms with E-state index in [4.69, 9.17) is 19.4 Å². The lowest BCUT2D eigenvalue weighted by molar-refractivity contribution is -0.141. The molecule has 6 atom stereocenters. The molecule has 4 heterocycles. The molecule has 4 N–H and O–H groups in total. The SMILES string of the molecule is C=C(N[C@H](C(=O)N1C[C@H]2CC[C@@]1(c1ncc(-c3ccc(-c4ccc(-c5cnc([C@@]67CC[C@H](CN6C(=O)[C@@H](NC(=O)OC)C(C)C)C7)[nH]5)c5c4C=CC5)c4c3CC=C4)[nH]1)C2)C(C)C)OC. The van der Waals surface area contributed by atoms with Crippen LogP contribution < -0.4 is 10.6 Å². The van der Waals surface area contributed by atoms with Crippen molar-refractivity contribution in [3.05, 3.63) is 95.2 Å². The fraction of sp³-hybridized carbons (Fsp3) is 0.471. The zero-order valence-corrected chi connectivity index (χ0v) is 37.8. The smallest absolute Gasteiger partial charge is 0.407 e. The number of carbonyl (C=O) groups is 3. The Bertz CT molecular complexity index is 2440. The van der Waals surface area contributed by atoms with E-state index in [1.165, 1.54) is 40.5 Å². The Kier molecular flexibility index (Phi) is 10.4. The lowest BCUT2D eigenvalue weighted by Gasteiger charge is -2.40. The number of nitrogens with one attached hydrogen (secondary N) is 4. The van der Waals surface area contributed by atoms with Crippen LogP contribution in [0.3, 0.4) is 0 Å². The molecule has 0 radical (unpaired) electrons. The van der Waals surface area contributed by atoms with Gasteiger partial charge in [0.05, 0.1) is 38.0 Å². The van der Waals surface area contributed by atoms with Crippen LogP contribution in [-0.2, 0) is 43.0 Å². The normalized spacial score (nSPS) is 24.4. The summed E-state index contributed by atoms with van der Waals surface area (Å²) < 4.78 is 10.2. The molecule has 0 spiro atoms. The summed E-state index contributed by atoms with van der Waals surface area (Å²) in [5.41, 5.74) is 10.5. The Labute approximate surface area is 375 Å². The second-order valence-corrected chi connectivity index (χ2v) is 19.6. The number of H-pyrrole nitrogens is 2. The molecule has 4 bridgehead atoms. The van der Waals surface area contributed by atoms with Gasteiger partial charge in [-0.25, -0.2) is 14.8 Å². The summed E-state index contributed by atoms with van der Waals surface area (Å²) in [6.07, 6.45) is 19.5. The largest absolute Gasteiger partial charge is 0.483 e. The number of likely N-dealkylation sites (tertiary alicyclic amines) is 2. The third-order valence-electron chi connectivity index (χ3n) is 15.3. The van der Waals surface area contributed by atoms with Crippen molar-refractivity contribution < 1.29 is 23.9 Å². The zero-order chi connectivity index (χ0) is 44.7. The monoisotopic (exact) mass is 864 g/mol. The van der Waals surface area contributed by atoms with Gasteiger partial charge in [-0.15, -0.1) is 0 Å². The molecule has 3 amide bonds. The molecule has 2 saturated carbocycles. The summed E-state index contributed by atoms with van der Waals surface area (Å²) in [6.45, 7) is 13.3. The van der Waals surface area contributed by atoms with Crippen LogP contribution >= 0.6 is 0 Å². The molecule has 64 heavy (non-hydrogen) atoms. The Morgan fingerprint density at radius 1 is 0.703 bits per heavy atom. The lowest BCUT2D eigenvalue weighted by atomic mass is 9.87. The van der Waals surface area contributed by atoms with Crippen molar-refractivity contribution in [1.29, 1.82) is 0 Å². The van der Waals surface area contributed by atoms with Crippen molar-refractivity contribution >= 4 is 30.1 Å². The fourth-order valence-electron chi connectivity index (χ4n) is 12.1. The van der Waals surface area contributed by atoms with Crippen LogP contribution in [0, 0.1) is 23.7 Å². The number of aromatic amines is 2. The molecule has 6 aliphatic rings. The maximum Gasteiger partial charge on any atom is 0.407 e. The molecule has 4 aliphatic carbocycles. The minimum atomic E-state index is -0.689. The quantitative estimate of drug-likeness (QED) is 0.0984. The molecule has 334 valence electrons. The Morgan fingerprint density at radius 2 is 1.16 bits per heavy atom. The summed E-state index contributed by atoms with van der Waals surface area (Å²) in [6, 6.07) is 7.80. The third-order valence-corrected chi connectivity index (χ3v) is 15.3. The van der Waals surface area contributed by atoms with E-state index in [0.717, 1.165) is 92.1 Å². The first-order valence-electron chi connectivity index (χ1n) is 23.1. The molecular formula is C51H60N8O5. The van der Waals surface area contributed by atoms with Crippen LogP contribution in [0.15, 0.2) is 61.3 Å². The summed E-state index contributed by atoms with van der Waals surface area (Å²) in [5.74, 6) is 2.82. The standard InChI is InChI=1S/C51H60N8O5/c1-28(2)43(54-30(5)63-6)45(60)58-26-31-18-20-50(58,22-31)47-52-24-41(55-47)39-16-14-37(33-10-8-12-35(33)39)38-15-17-40(36-13-9-11-34(36)38)42-25-53-48(56-42)51-21-19-32(23-51)27-59(51)46(61)44(29(3)4)57-49(62)64-7/h8-11,14-17,24-25,28-29,31-32,43-44,54H,5,12-13,18-23,26-27H2,1-4,6-7H3,(H,52,55)(H,53,56)(H,57,62)/t31-,32-,43-,44-,50-,51-/m0/s1. The molecule has 2 aromatic carbocycles. The molecule has 13 heteroatoms. The summed E-state index contributed by atoms with van der Waals surface area (Å²) in [4.78, 5) is 62.2. The number of alkyl carbamates (subject to hydrolysis) is 1. The number of hydrogen-bond acceptors (Lipinski definition) is 8. The highest BCUT2D eigenvalue weighted by molar-refractivity contribution is 5.92. The average Bonchev–Trinajstić information content (AvgIpc) is 4.15. The minimum absolute atomic E-state index is 0.0480.